The van der Waals surface area contributed by atoms with Gasteiger partial charge in [0.15, 0.2) is 0 Å². The average molecular weight is 721 g/mol. The van der Waals surface area contributed by atoms with Crippen molar-refractivity contribution in [2.45, 2.75) is 193 Å². The second-order valence-corrected chi connectivity index (χ2v) is 14.1. The summed E-state index contributed by atoms with van der Waals surface area (Å²) in [5.41, 5.74) is 0. The number of nitrogens with one attached hydrogen (secondary N) is 3. The predicted octanol–water partition coefficient (Wildman–Crippen LogP) is 10.1. The van der Waals surface area contributed by atoms with Crippen LogP contribution in [0.2, 0.25) is 0 Å². The Balaban J connectivity index is 2.33. The molecular formula is C39H72N6O6. The molecule has 6 N–H and O–H groups in total. The van der Waals surface area contributed by atoms with Gasteiger partial charge in [-0.3, -0.25) is 14.4 Å². The smallest absolute Gasteiger partial charge is 0.303 e. The lowest BCUT2D eigenvalue weighted by molar-refractivity contribution is -0.138. The molecule has 0 saturated carbocycles. The number of anilines is 3. The van der Waals surface area contributed by atoms with E-state index in [1.165, 1.54) is 77.0 Å². The summed E-state index contributed by atoms with van der Waals surface area (Å²) in [5, 5.41) is 36.4. The van der Waals surface area contributed by atoms with Gasteiger partial charge in [-0.1, -0.05) is 135 Å². The number of rotatable bonds is 39. The molecule has 0 aromatic carbocycles. The molecule has 0 spiro atoms. The zero-order chi connectivity index (χ0) is 37.0. The van der Waals surface area contributed by atoms with Crippen LogP contribution in [0, 0.1) is 0 Å². The van der Waals surface area contributed by atoms with Gasteiger partial charge < -0.3 is 31.3 Å². The quantitative estimate of drug-likeness (QED) is 0.0354. The van der Waals surface area contributed by atoms with Crippen molar-refractivity contribution < 1.29 is 29.7 Å². The van der Waals surface area contributed by atoms with Gasteiger partial charge in [0, 0.05) is 38.9 Å². The van der Waals surface area contributed by atoms with E-state index in [2.05, 4.69) is 30.9 Å². The van der Waals surface area contributed by atoms with E-state index < -0.39 is 17.9 Å². The van der Waals surface area contributed by atoms with Crippen molar-refractivity contribution in [3.05, 3.63) is 0 Å². The Bertz CT molecular complexity index is 878. The molecule has 0 unspecified atom stereocenters. The van der Waals surface area contributed by atoms with Gasteiger partial charge in [0.2, 0.25) is 17.8 Å². The van der Waals surface area contributed by atoms with Crippen molar-refractivity contribution in [3.63, 3.8) is 0 Å². The Labute approximate surface area is 308 Å². The highest BCUT2D eigenvalue weighted by Crippen LogP contribution is 2.15. The fourth-order valence-electron chi connectivity index (χ4n) is 6.13. The minimum atomic E-state index is -0.697. The largest absolute Gasteiger partial charge is 0.481 e. The lowest BCUT2D eigenvalue weighted by atomic mass is 10.1. The van der Waals surface area contributed by atoms with Gasteiger partial charge in [0.1, 0.15) is 0 Å². The zero-order valence-corrected chi connectivity index (χ0v) is 31.7. The summed E-state index contributed by atoms with van der Waals surface area (Å²) < 4.78 is 0. The molecule has 0 radical (unpaired) electrons. The molecule has 12 nitrogen and oxygen atoms in total. The molecule has 1 aromatic heterocycles. The van der Waals surface area contributed by atoms with Crippen molar-refractivity contribution in [1.82, 2.24) is 15.0 Å². The van der Waals surface area contributed by atoms with Crippen LogP contribution >= 0.6 is 0 Å². The number of carbonyl (C=O) groups is 3. The topological polar surface area (TPSA) is 187 Å². The number of carboxylic acid groups (broad SMARTS) is 3. The molecule has 0 amide bonds. The number of carboxylic acids is 3. The third-order valence-corrected chi connectivity index (χ3v) is 9.19. The van der Waals surface area contributed by atoms with Crippen LogP contribution < -0.4 is 16.0 Å². The Morgan fingerprint density at radius 2 is 0.490 bits per heavy atom. The predicted molar refractivity (Wildman–Crippen MR) is 207 cm³/mol. The van der Waals surface area contributed by atoms with Crippen molar-refractivity contribution in [3.8, 4) is 0 Å². The Hall–Kier alpha value is -3.18. The SMILES string of the molecule is O=C(O)CCCCCCCCCCCNc1nc(NCCCCCCCCCCCC(=O)O)nc(NCCCCCCCCCCCC(=O)O)n1. The van der Waals surface area contributed by atoms with Crippen LogP contribution in [0.3, 0.4) is 0 Å². The molecule has 1 rings (SSSR count). The molecule has 0 bridgehead atoms. The van der Waals surface area contributed by atoms with Crippen molar-refractivity contribution >= 4 is 35.8 Å². The summed E-state index contributed by atoms with van der Waals surface area (Å²) in [5.74, 6) is -0.291. The van der Waals surface area contributed by atoms with Gasteiger partial charge in [-0.15, -0.1) is 0 Å². The van der Waals surface area contributed by atoms with Crippen LogP contribution in [-0.2, 0) is 14.4 Å². The van der Waals surface area contributed by atoms with Gasteiger partial charge in [0.05, 0.1) is 0 Å². The average Bonchev–Trinajstić information content (AvgIpc) is 3.09. The first-order chi connectivity index (χ1) is 24.9. The molecule has 12 heteroatoms. The van der Waals surface area contributed by atoms with Gasteiger partial charge in [-0.25, -0.2) is 0 Å². The second kappa shape index (κ2) is 33.9. The second-order valence-electron chi connectivity index (χ2n) is 14.1. The summed E-state index contributed by atoms with van der Waals surface area (Å²) in [6.45, 7) is 2.45. The molecule has 0 aliphatic carbocycles. The highest BCUT2D eigenvalue weighted by molar-refractivity contribution is 5.67. The maximum absolute atomic E-state index is 10.6. The van der Waals surface area contributed by atoms with E-state index >= 15 is 0 Å². The first-order valence-corrected chi connectivity index (χ1v) is 20.5. The van der Waals surface area contributed by atoms with E-state index in [-0.39, 0.29) is 19.3 Å². The Morgan fingerprint density at radius 3 is 0.686 bits per heavy atom. The van der Waals surface area contributed by atoms with E-state index in [0.717, 1.165) is 116 Å². The van der Waals surface area contributed by atoms with Crippen LogP contribution in [-0.4, -0.2) is 67.8 Å². The number of unbranched alkanes of at least 4 members (excludes halogenated alkanes) is 24. The molecule has 0 atom stereocenters. The van der Waals surface area contributed by atoms with E-state index in [9.17, 15) is 14.4 Å². The third kappa shape index (κ3) is 32.5. The summed E-state index contributed by atoms with van der Waals surface area (Å²) in [7, 11) is 0. The van der Waals surface area contributed by atoms with Crippen LogP contribution in [0.5, 0.6) is 0 Å². The lowest BCUT2D eigenvalue weighted by Gasteiger charge is -2.11. The number of hydrogen-bond acceptors (Lipinski definition) is 9. The van der Waals surface area contributed by atoms with Crippen molar-refractivity contribution in [2.75, 3.05) is 35.6 Å². The fraction of sp³-hybridized carbons (Fsp3) is 0.846. The molecule has 0 aliphatic rings. The zero-order valence-electron chi connectivity index (χ0n) is 31.7. The van der Waals surface area contributed by atoms with E-state index in [1.54, 1.807) is 0 Å². The molecular weight excluding hydrogens is 648 g/mol. The molecule has 0 aliphatic heterocycles. The first-order valence-electron chi connectivity index (χ1n) is 20.5. The summed E-state index contributed by atoms with van der Waals surface area (Å²) in [6, 6.07) is 0. The molecule has 0 saturated heterocycles. The van der Waals surface area contributed by atoms with E-state index in [4.69, 9.17) is 15.3 Å². The minimum Gasteiger partial charge on any atom is -0.481 e. The number of aliphatic carboxylic acids is 3. The van der Waals surface area contributed by atoms with Crippen LogP contribution in [0.25, 0.3) is 0 Å². The molecule has 51 heavy (non-hydrogen) atoms. The number of nitrogens with zero attached hydrogens (tertiary/aromatic N) is 3. The highest BCUT2D eigenvalue weighted by Gasteiger charge is 2.07. The van der Waals surface area contributed by atoms with Gasteiger partial charge in [0.25, 0.3) is 0 Å². The van der Waals surface area contributed by atoms with Crippen LogP contribution in [0.1, 0.15) is 193 Å². The van der Waals surface area contributed by atoms with Gasteiger partial charge >= 0.3 is 17.9 Å². The third-order valence-electron chi connectivity index (χ3n) is 9.19. The van der Waals surface area contributed by atoms with Crippen LogP contribution in [0.15, 0.2) is 0 Å². The molecule has 1 heterocycles. The molecule has 0 fully saturated rings. The normalized spacial score (nSPS) is 11.1. The molecule has 1 aromatic rings. The summed E-state index contributed by atoms with van der Waals surface area (Å²) >= 11 is 0. The first kappa shape index (κ1) is 45.8. The Kier molecular flexibility index (Phi) is 30.5. The summed E-state index contributed by atoms with van der Waals surface area (Å²) in [6.07, 6.45) is 30.7. The number of aromatic nitrogens is 3. The van der Waals surface area contributed by atoms with Gasteiger partial charge in [-0.2, -0.15) is 15.0 Å². The maximum atomic E-state index is 10.6. The maximum Gasteiger partial charge on any atom is 0.303 e. The van der Waals surface area contributed by atoms with Gasteiger partial charge in [-0.05, 0) is 38.5 Å². The standard InChI is InChI=1S/C39H72N6O6/c46-34(47)28-22-16-10-4-1-7-13-19-25-31-40-37-43-38(41-32-26-20-14-8-2-5-11-17-23-29-35(48)49)45-39(44-37)42-33-27-21-15-9-3-6-12-18-24-30-36(50)51/h1-33H2,(H,46,47)(H,48,49)(H,50,51)(H3,40,41,42,43,44,45). The Morgan fingerprint density at radius 1 is 0.314 bits per heavy atom. The summed E-state index contributed by atoms with van der Waals surface area (Å²) in [4.78, 5) is 45.7. The van der Waals surface area contributed by atoms with Crippen LogP contribution in [0.4, 0.5) is 17.8 Å². The van der Waals surface area contributed by atoms with E-state index in [0.29, 0.717) is 17.8 Å². The molecule has 294 valence electrons. The monoisotopic (exact) mass is 721 g/mol. The fourth-order valence-corrected chi connectivity index (χ4v) is 6.13. The van der Waals surface area contributed by atoms with Crippen molar-refractivity contribution in [1.29, 1.82) is 0 Å². The lowest BCUT2D eigenvalue weighted by Crippen LogP contribution is -2.14. The van der Waals surface area contributed by atoms with Crippen molar-refractivity contribution in [2.24, 2.45) is 0 Å². The highest BCUT2D eigenvalue weighted by atomic mass is 16.4. The number of hydrogen-bond donors (Lipinski definition) is 6. The van der Waals surface area contributed by atoms with E-state index in [1.807, 2.05) is 0 Å². The minimum absolute atomic E-state index is 0.285.